The van der Waals surface area contributed by atoms with Crippen molar-refractivity contribution in [3.8, 4) is 0 Å². The van der Waals surface area contributed by atoms with E-state index in [1.54, 1.807) is 7.11 Å². The summed E-state index contributed by atoms with van der Waals surface area (Å²) in [4.78, 5) is 2.60. The molecule has 98 valence electrons. The van der Waals surface area contributed by atoms with Gasteiger partial charge in [0, 0.05) is 25.7 Å². The van der Waals surface area contributed by atoms with Crippen LogP contribution in [0.4, 0.5) is 0 Å². The van der Waals surface area contributed by atoms with E-state index < -0.39 is 0 Å². The summed E-state index contributed by atoms with van der Waals surface area (Å²) in [5.74, 6) is 0. The Morgan fingerprint density at radius 2 is 1.83 bits per heavy atom. The number of methoxy groups -OCH3 is 1. The van der Waals surface area contributed by atoms with Crippen LogP contribution in [0.25, 0.3) is 0 Å². The molecule has 0 amide bonds. The third-order valence-corrected chi connectivity index (χ3v) is 4.14. The number of morpholine rings is 1. The van der Waals surface area contributed by atoms with Gasteiger partial charge in [-0.3, -0.25) is 4.90 Å². The van der Waals surface area contributed by atoms with Crippen LogP contribution < -0.4 is 0 Å². The van der Waals surface area contributed by atoms with Crippen LogP contribution in [0.5, 0.6) is 0 Å². The molecule has 1 saturated heterocycles. The third-order valence-electron chi connectivity index (χ3n) is 4.14. The highest BCUT2D eigenvalue weighted by molar-refractivity contribution is 5.33. The summed E-state index contributed by atoms with van der Waals surface area (Å²) in [6.45, 7) is 4.59. The minimum atomic E-state index is 0.315. The number of hydrogen-bond acceptors (Lipinski definition) is 3. The van der Waals surface area contributed by atoms with Gasteiger partial charge in [0.2, 0.25) is 0 Å². The van der Waals surface area contributed by atoms with Gasteiger partial charge in [-0.2, -0.15) is 0 Å². The van der Waals surface area contributed by atoms with Crippen LogP contribution >= 0.6 is 0 Å². The molecular formula is C15H21NO2. The topological polar surface area (TPSA) is 21.7 Å². The third kappa shape index (κ3) is 2.18. The number of benzene rings is 1. The summed E-state index contributed by atoms with van der Waals surface area (Å²) < 4.78 is 10.6. The van der Waals surface area contributed by atoms with E-state index in [1.165, 1.54) is 24.0 Å². The molecule has 0 unspecified atom stereocenters. The second-order valence-electron chi connectivity index (χ2n) is 5.26. The fraction of sp³-hybridized carbons (Fsp3) is 0.600. The molecule has 0 bridgehead atoms. The van der Waals surface area contributed by atoms with Gasteiger partial charge in [-0.05, 0) is 24.0 Å². The van der Waals surface area contributed by atoms with Crippen LogP contribution in [0.15, 0.2) is 24.3 Å². The molecule has 1 saturated carbocycles. The minimum absolute atomic E-state index is 0.315. The summed E-state index contributed by atoms with van der Waals surface area (Å²) in [5.41, 5.74) is 3.03. The van der Waals surface area contributed by atoms with Crippen LogP contribution in [0.1, 0.15) is 24.0 Å². The molecule has 0 spiro atoms. The van der Waals surface area contributed by atoms with Gasteiger partial charge in [-0.1, -0.05) is 24.3 Å². The number of ether oxygens (including phenoxy) is 2. The number of nitrogens with zero attached hydrogens (tertiary/aromatic N) is 1. The van der Waals surface area contributed by atoms with Crippen molar-refractivity contribution >= 4 is 0 Å². The van der Waals surface area contributed by atoms with Gasteiger partial charge < -0.3 is 9.47 Å². The second-order valence-corrected chi connectivity index (χ2v) is 5.26. The van der Waals surface area contributed by atoms with Crippen molar-refractivity contribution in [1.82, 2.24) is 4.90 Å². The molecule has 2 fully saturated rings. The predicted molar refractivity (Wildman–Crippen MR) is 70.5 cm³/mol. The van der Waals surface area contributed by atoms with Crippen LogP contribution in [-0.2, 0) is 21.6 Å². The lowest BCUT2D eigenvalue weighted by molar-refractivity contribution is 0.00834. The average molecular weight is 247 g/mol. The Labute approximate surface area is 109 Å². The first-order valence-electron chi connectivity index (χ1n) is 6.76. The van der Waals surface area contributed by atoms with E-state index in [0.717, 1.165) is 26.3 Å². The zero-order valence-corrected chi connectivity index (χ0v) is 11.0. The molecule has 1 aliphatic carbocycles. The Morgan fingerprint density at radius 1 is 1.17 bits per heavy atom. The lowest BCUT2D eigenvalue weighted by atomic mass is 10.0. The van der Waals surface area contributed by atoms with Crippen molar-refractivity contribution in [2.75, 3.05) is 33.4 Å². The van der Waals surface area contributed by atoms with Crippen molar-refractivity contribution in [2.45, 2.75) is 25.0 Å². The molecule has 0 N–H and O–H groups in total. The summed E-state index contributed by atoms with van der Waals surface area (Å²) in [5, 5.41) is 0. The fourth-order valence-corrected chi connectivity index (χ4v) is 2.98. The molecule has 1 aliphatic heterocycles. The molecule has 18 heavy (non-hydrogen) atoms. The van der Waals surface area contributed by atoms with E-state index in [4.69, 9.17) is 9.47 Å². The van der Waals surface area contributed by atoms with Crippen molar-refractivity contribution in [3.05, 3.63) is 35.4 Å². The van der Waals surface area contributed by atoms with Gasteiger partial charge in [-0.25, -0.2) is 0 Å². The molecule has 0 radical (unpaired) electrons. The zero-order valence-electron chi connectivity index (χ0n) is 11.0. The quantitative estimate of drug-likeness (QED) is 0.814. The molecular weight excluding hydrogens is 226 g/mol. The average Bonchev–Trinajstić information content (AvgIpc) is 3.23. The maximum Gasteiger partial charge on any atom is 0.0713 e. The van der Waals surface area contributed by atoms with E-state index in [1.807, 2.05) is 0 Å². The molecule has 0 aromatic heterocycles. The largest absolute Gasteiger partial charge is 0.380 e. The standard InChI is InChI=1S/C15H21NO2/c1-17-12-13-2-4-14(5-3-13)15(6-7-15)16-8-10-18-11-9-16/h2-5H,6-12H2,1H3. The van der Waals surface area contributed by atoms with Crippen molar-refractivity contribution in [3.63, 3.8) is 0 Å². The van der Waals surface area contributed by atoms with Crippen molar-refractivity contribution < 1.29 is 9.47 Å². The van der Waals surface area contributed by atoms with Gasteiger partial charge in [0.05, 0.1) is 19.8 Å². The predicted octanol–water partition coefficient (Wildman–Crippen LogP) is 2.15. The summed E-state index contributed by atoms with van der Waals surface area (Å²) in [6.07, 6.45) is 2.58. The molecule has 3 heteroatoms. The van der Waals surface area contributed by atoms with Gasteiger partial charge in [0.25, 0.3) is 0 Å². The van der Waals surface area contributed by atoms with Crippen LogP contribution in [-0.4, -0.2) is 38.3 Å². The first-order valence-corrected chi connectivity index (χ1v) is 6.76. The van der Waals surface area contributed by atoms with Crippen molar-refractivity contribution in [2.24, 2.45) is 0 Å². The van der Waals surface area contributed by atoms with E-state index in [0.29, 0.717) is 12.1 Å². The van der Waals surface area contributed by atoms with Gasteiger partial charge in [-0.15, -0.1) is 0 Å². The van der Waals surface area contributed by atoms with E-state index in [9.17, 15) is 0 Å². The Morgan fingerprint density at radius 3 is 2.39 bits per heavy atom. The normalized spacial score (nSPS) is 22.9. The lowest BCUT2D eigenvalue weighted by Gasteiger charge is -2.35. The van der Waals surface area contributed by atoms with E-state index >= 15 is 0 Å². The van der Waals surface area contributed by atoms with E-state index in [2.05, 4.69) is 29.2 Å². The molecule has 2 aliphatic rings. The minimum Gasteiger partial charge on any atom is -0.380 e. The van der Waals surface area contributed by atoms with Crippen LogP contribution in [0, 0.1) is 0 Å². The molecule has 1 aromatic rings. The number of rotatable bonds is 4. The zero-order chi connectivity index (χ0) is 12.4. The maximum absolute atomic E-state index is 5.45. The highest BCUT2D eigenvalue weighted by Gasteiger charge is 2.49. The molecule has 3 nitrogen and oxygen atoms in total. The summed E-state index contributed by atoms with van der Waals surface area (Å²) >= 11 is 0. The molecule has 1 aromatic carbocycles. The van der Waals surface area contributed by atoms with Gasteiger partial charge >= 0.3 is 0 Å². The van der Waals surface area contributed by atoms with Crippen LogP contribution in [0.3, 0.4) is 0 Å². The highest BCUT2D eigenvalue weighted by Crippen LogP contribution is 2.51. The fourth-order valence-electron chi connectivity index (χ4n) is 2.98. The molecule has 0 atom stereocenters. The first-order chi connectivity index (χ1) is 8.85. The maximum atomic E-state index is 5.45. The first kappa shape index (κ1) is 12.2. The second kappa shape index (κ2) is 5.00. The Kier molecular flexibility index (Phi) is 3.37. The SMILES string of the molecule is COCc1ccc(C2(N3CCOCC3)CC2)cc1. The molecule has 1 heterocycles. The summed E-state index contributed by atoms with van der Waals surface area (Å²) in [7, 11) is 1.74. The summed E-state index contributed by atoms with van der Waals surface area (Å²) in [6, 6.07) is 8.94. The van der Waals surface area contributed by atoms with Gasteiger partial charge in [0.15, 0.2) is 0 Å². The Hall–Kier alpha value is -0.900. The van der Waals surface area contributed by atoms with E-state index in [-0.39, 0.29) is 0 Å². The molecule has 3 rings (SSSR count). The van der Waals surface area contributed by atoms with Crippen LogP contribution in [0.2, 0.25) is 0 Å². The van der Waals surface area contributed by atoms with Gasteiger partial charge in [0.1, 0.15) is 0 Å². The number of hydrogen-bond donors (Lipinski definition) is 0. The smallest absolute Gasteiger partial charge is 0.0713 e. The Balaban J connectivity index is 1.76. The monoisotopic (exact) mass is 247 g/mol. The van der Waals surface area contributed by atoms with Crippen molar-refractivity contribution in [1.29, 1.82) is 0 Å². The Bertz CT molecular complexity index is 391. The lowest BCUT2D eigenvalue weighted by Crippen LogP contribution is -2.43. The highest BCUT2D eigenvalue weighted by atomic mass is 16.5.